The molecule has 0 aliphatic carbocycles. The van der Waals surface area contributed by atoms with Crippen molar-refractivity contribution in [3.05, 3.63) is 34.6 Å². The van der Waals surface area contributed by atoms with E-state index in [1.807, 2.05) is 0 Å². The molecule has 1 aromatic rings. The van der Waals surface area contributed by atoms with Gasteiger partial charge < -0.3 is 4.74 Å². The molecule has 0 amide bonds. The summed E-state index contributed by atoms with van der Waals surface area (Å²) in [7, 11) is 0. The minimum Gasteiger partial charge on any atom is -0.371 e. The van der Waals surface area contributed by atoms with Gasteiger partial charge in [-0.15, -0.1) is 0 Å². The molecular formula is C13H14ClFN2O. The van der Waals surface area contributed by atoms with Crippen molar-refractivity contribution in [2.24, 2.45) is 0 Å². The molecule has 3 nitrogen and oxygen atoms in total. The monoisotopic (exact) mass is 268 g/mol. The summed E-state index contributed by atoms with van der Waals surface area (Å²) in [6.45, 7) is 2.90. The summed E-state index contributed by atoms with van der Waals surface area (Å²) in [5.41, 5.74) is 0.878. The summed E-state index contributed by atoms with van der Waals surface area (Å²) < 4.78 is 18.8. The van der Waals surface area contributed by atoms with Crippen molar-refractivity contribution >= 4 is 11.6 Å². The van der Waals surface area contributed by atoms with Gasteiger partial charge in [-0.05, 0) is 17.7 Å². The first kappa shape index (κ1) is 13.3. The molecule has 96 valence electrons. The van der Waals surface area contributed by atoms with E-state index in [0.717, 1.165) is 18.7 Å². The van der Waals surface area contributed by atoms with Crippen LogP contribution in [-0.2, 0) is 4.74 Å². The minimum atomic E-state index is -0.419. The third kappa shape index (κ3) is 3.20. The van der Waals surface area contributed by atoms with Gasteiger partial charge in [0, 0.05) is 26.1 Å². The highest BCUT2D eigenvalue weighted by Crippen LogP contribution is 2.26. The van der Waals surface area contributed by atoms with Gasteiger partial charge in [-0.25, -0.2) is 4.39 Å². The maximum Gasteiger partial charge on any atom is 0.141 e. The van der Waals surface area contributed by atoms with Crippen LogP contribution in [0, 0.1) is 17.1 Å². The highest BCUT2D eigenvalue weighted by molar-refractivity contribution is 6.30. The number of hydrogen-bond acceptors (Lipinski definition) is 3. The molecule has 5 heteroatoms. The maximum absolute atomic E-state index is 13.1. The summed E-state index contributed by atoms with van der Waals surface area (Å²) in [6, 6.07) is 6.79. The number of nitrogens with zero attached hydrogens (tertiary/aromatic N) is 2. The Labute approximate surface area is 111 Å². The van der Waals surface area contributed by atoms with E-state index in [2.05, 4.69) is 11.0 Å². The molecule has 1 aliphatic rings. The Balaban J connectivity index is 2.04. The maximum atomic E-state index is 13.1. The Morgan fingerprint density at radius 1 is 1.56 bits per heavy atom. The van der Waals surface area contributed by atoms with Gasteiger partial charge in [0.05, 0.1) is 23.8 Å². The lowest BCUT2D eigenvalue weighted by Crippen LogP contribution is -2.38. The molecule has 0 saturated carbocycles. The van der Waals surface area contributed by atoms with Crippen LogP contribution in [0.3, 0.4) is 0 Å². The molecule has 18 heavy (non-hydrogen) atoms. The first-order valence-electron chi connectivity index (χ1n) is 5.86. The molecule has 0 N–H and O–H groups in total. The highest BCUT2D eigenvalue weighted by atomic mass is 35.5. The second-order valence-corrected chi connectivity index (χ2v) is 4.65. The molecule has 1 aromatic carbocycles. The number of benzene rings is 1. The lowest BCUT2D eigenvalue weighted by Gasteiger charge is -2.32. The first-order valence-corrected chi connectivity index (χ1v) is 6.24. The van der Waals surface area contributed by atoms with Gasteiger partial charge in [0.15, 0.2) is 0 Å². The largest absolute Gasteiger partial charge is 0.371 e. The molecule has 1 aliphatic heterocycles. The van der Waals surface area contributed by atoms with E-state index < -0.39 is 5.82 Å². The van der Waals surface area contributed by atoms with E-state index in [9.17, 15) is 4.39 Å². The Bertz CT molecular complexity index is 461. The quantitative estimate of drug-likeness (QED) is 0.846. The van der Waals surface area contributed by atoms with E-state index in [-0.39, 0.29) is 11.1 Å². The van der Waals surface area contributed by atoms with Gasteiger partial charge in [0.1, 0.15) is 5.82 Å². The molecule has 2 rings (SSSR count). The predicted molar refractivity (Wildman–Crippen MR) is 66.8 cm³/mol. The van der Waals surface area contributed by atoms with Gasteiger partial charge in [-0.1, -0.05) is 17.7 Å². The summed E-state index contributed by atoms with van der Waals surface area (Å²) in [5.74, 6) is -0.419. The van der Waals surface area contributed by atoms with Gasteiger partial charge in [0.25, 0.3) is 0 Å². The van der Waals surface area contributed by atoms with Crippen molar-refractivity contribution in [2.45, 2.75) is 12.5 Å². The second kappa shape index (κ2) is 6.14. The fraction of sp³-hybridized carbons (Fsp3) is 0.462. The Morgan fingerprint density at radius 3 is 3.11 bits per heavy atom. The highest BCUT2D eigenvalue weighted by Gasteiger charge is 2.22. The van der Waals surface area contributed by atoms with Crippen LogP contribution in [0.1, 0.15) is 18.1 Å². The van der Waals surface area contributed by atoms with E-state index in [4.69, 9.17) is 21.6 Å². The van der Waals surface area contributed by atoms with Crippen LogP contribution in [0.4, 0.5) is 4.39 Å². The molecule has 1 unspecified atom stereocenters. The number of morpholine rings is 1. The summed E-state index contributed by atoms with van der Waals surface area (Å²) in [5, 5.41) is 8.70. The third-order valence-electron chi connectivity index (χ3n) is 3.01. The molecule has 0 bridgehead atoms. The predicted octanol–water partition coefficient (Wildman–Crippen LogP) is 2.77. The Morgan fingerprint density at radius 2 is 2.39 bits per heavy atom. The normalized spacial score (nSPS) is 20.6. The van der Waals surface area contributed by atoms with Crippen LogP contribution in [0.25, 0.3) is 0 Å². The van der Waals surface area contributed by atoms with Crippen molar-refractivity contribution in [2.75, 3.05) is 26.2 Å². The van der Waals surface area contributed by atoms with E-state index in [1.54, 1.807) is 12.1 Å². The number of rotatable bonds is 3. The van der Waals surface area contributed by atoms with Gasteiger partial charge in [0.2, 0.25) is 0 Å². The topological polar surface area (TPSA) is 36.3 Å². The Kier molecular flexibility index (Phi) is 4.54. The third-order valence-corrected chi connectivity index (χ3v) is 3.30. The molecule has 0 spiro atoms. The van der Waals surface area contributed by atoms with Crippen molar-refractivity contribution in [3.8, 4) is 6.07 Å². The van der Waals surface area contributed by atoms with Crippen LogP contribution in [0.5, 0.6) is 0 Å². The zero-order chi connectivity index (χ0) is 13.0. The fourth-order valence-corrected chi connectivity index (χ4v) is 2.22. The molecule has 1 fully saturated rings. The molecule has 1 heterocycles. The smallest absolute Gasteiger partial charge is 0.141 e. The zero-order valence-corrected chi connectivity index (χ0v) is 10.7. The van der Waals surface area contributed by atoms with Crippen LogP contribution < -0.4 is 0 Å². The molecule has 1 atom stereocenters. The van der Waals surface area contributed by atoms with Gasteiger partial charge >= 0.3 is 0 Å². The Hall–Kier alpha value is -1.15. The van der Waals surface area contributed by atoms with Crippen LogP contribution in [0.2, 0.25) is 5.02 Å². The van der Waals surface area contributed by atoms with Crippen molar-refractivity contribution in [1.82, 2.24) is 4.90 Å². The molecule has 1 saturated heterocycles. The standard InChI is InChI=1S/C13H14ClFN2O/c14-11-8-10(2-3-12(11)15)13-9-17(5-1-4-16)6-7-18-13/h2-3,8,13H,1,5-7,9H2. The van der Waals surface area contributed by atoms with Crippen LogP contribution in [-0.4, -0.2) is 31.1 Å². The zero-order valence-electron chi connectivity index (χ0n) is 9.90. The fourth-order valence-electron chi connectivity index (χ4n) is 2.03. The average Bonchev–Trinajstić information content (AvgIpc) is 2.40. The number of ether oxygens (including phenoxy) is 1. The van der Waals surface area contributed by atoms with E-state index in [1.165, 1.54) is 6.07 Å². The van der Waals surface area contributed by atoms with Crippen molar-refractivity contribution in [1.29, 1.82) is 5.26 Å². The van der Waals surface area contributed by atoms with Crippen molar-refractivity contribution < 1.29 is 9.13 Å². The molecule has 0 aromatic heterocycles. The molecule has 0 radical (unpaired) electrons. The van der Waals surface area contributed by atoms with Gasteiger partial charge in [-0.3, -0.25) is 4.90 Å². The summed E-state index contributed by atoms with van der Waals surface area (Å²) in [6.07, 6.45) is 0.409. The average molecular weight is 269 g/mol. The lowest BCUT2D eigenvalue weighted by atomic mass is 10.1. The minimum absolute atomic E-state index is 0.101. The second-order valence-electron chi connectivity index (χ2n) is 4.24. The van der Waals surface area contributed by atoms with Crippen molar-refractivity contribution in [3.63, 3.8) is 0 Å². The number of nitriles is 1. The first-order chi connectivity index (χ1) is 8.70. The van der Waals surface area contributed by atoms with Crippen LogP contribution in [0.15, 0.2) is 18.2 Å². The number of halogens is 2. The summed E-state index contributed by atoms with van der Waals surface area (Å²) >= 11 is 5.77. The molecular weight excluding hydrogens is 255 g/mol. The van der Waals surface area contributed by atoms with Gasteiger partial charge in [-0.2, -0.15) is 5.26 Å². The van der Waals surface area contributed by atoms with E-state index in [0.29, 0.717) is 19.6 Å². The summed E-state index contributed by atoms with van der Waals surface area (Å²) in [4.78, 5) is 2.18. The van der Waals surface area contributed by atoms with Crippen LogP contribution >= 0.6 is 11.6 Å². The lowest BCUT2D eigenvalue weighted by molar-refractivity contribution is -0.0292. The number of hydrogen-bond donors (Lipinski definition) is 0. The van der Waals surface area contributed by atoms with E-state index >= 15 is 0 Å². The SMILES string of the molecule is N#CCCN1CCOC(c2ccc(F)c(Cl)c2)C1.